The lowest BCUT2D eigenvalue weighted by Gasteiger charge is -2.18. The molecule has 0 spiro atoms. The maximum absolute atomic E-state index is 12.7. The number of aliphatic hydroxyl groups is 3. The van der Waals surface area contributed by atoms with E-state index in [1.807, 2.05) is 0 Å². The minimum absolute atomic E-state index is 0.254. The first-order chi connectivity index (χ1) is 9.51. The zero-order chi connectivity index (χ0) is 14.7. The van der Waals surface area contributed by atoms with Crippen LogP contribution in [0.3, 0.4) is 0 Å². The van der Waals surface area contributed by atoms with Crippen LogP contribution in [-0.4, -0.2) is 46.2 Å². The van der Waals surface area contributed by atoms with Gasteiger partial charge in [0.1, 0.15) is 11.9 Å². The van der Waals surface area contributed by atoms with E-state index in [1.165, 1.54) is 24.3 Å². The molecule has 110 valence electrons. The van der Waals surface area contributed by atoms with E-state index in [0.29, 0.717) is 5.69 Å². The maximum Gasteiger partial charge on any atom is 0.319 e. The van der Waals surface area contributed by atoms with Crippen molar-refractivity contribution in [1.82, 2.24) is 5.32 Å². The van der Waals surface area contributed by atoms with Crippen molar-refractivity contribution in [2.24, 2.45) is 5.92 Å². The van der Waals surface area contributed by atoms with Gasteiger partial charge in [0.05, 0.1) is 12.1 Å². The molecule has 1 aliphatic rings. The Labute approximate surface area is 115 Å². The fraction of sp³-hybridized carbons (Fsp3) is 0.462. The molecule has 2 amide bonds. The van der Waals surface area contributed by atoms with Crippen LogP contribution in [0, 0.1) is 11.7 Å². The van der Waals surface area contributed by atoms with E-state index in [4.69, 9.17) is 5.11 Å². The molecule has 1 saturated carbocycles. The number of urea groups is 1. The highest BCUT2D eigenvalue weighted by Crippen LogP contribution is 2.26. The smallest absolute Gasteiger partial charge is 0.319 e. The monoisotopic (exact) mass is 284 g/mol. The van der Waals surface area contributed by atoms with Crippen LogP contribution < -0.4 is 10.6 Å². The molecule has 2 rings (SSSR count). The molecule has 6 nitrogen and oxygen atoms in total. The molecule has 0 aliphatic heterocycles. The van der Waals surface area contributed by atoms with Crippen LogP contribution in [0.15, 0.2) is 24.3 Å². The van der Waals surface area contributed by atoms with E-state index in [-0.39, 0.29) is 13.0 Å². The van der Waals surface area contributed by atoms with Crippen molar-refractivity contribution < 1.29 is 24.5 Å². The van der Waals surface area contributed by atoms with Gasteiger partial charge >= 0.3 is 6.03 Å². The Bertz CT molecular complexity index is 468. The number of hydrogen-bond donors (Lipinski definition) is 5. The Balaban J connectivity index is 1.90. The van der Waals surface area contributed by atoms with Gasteiger partial charge in [0, 0.05) is 18.2 Å². The van der Waals surface area contributed by atoms with Crippen LogP contribution in [0.2, 0.25) is 0 Å². The molecule has 20 heavy (non-hydrogen) atoms. The van der Waals surface area contributed by atoms with Gasteiger partial charge in [0.25, 0.3) is 0 Å². The SMILES string of the molecule is O=C(Nc1ccc(F)cc1)NC1CC(CO)C(O)C1O. The highest BCUT2D eigenvalue weighted by atomic mass is 19.1. The highest BCUT2D eigenvalue weighted by Gasteiger charge is 2.41. The molecule has 1 aromatic rings. The van der Waals surface area contributed by atoms with Gasteiger partial charge in [-0.05, 0) is 30.7 Å². The highest BCUT2D eigenvalue weighted by molar-refractivity contribution is 5.89. The summed E-state index contributed by atoms with van der Waals surface area (Å²) in [6, 6.07) is 4.04. The first-order valence-corrected chi connectivity index (χ1v) is 6.31. The van der Waals surface area contributed by atoms with E-state index >= 15 is 0 Å². The van der Waals surface area contributed by atoms with Gasteiger partial charge in [-0.3, -0.25) is 0 Å². The lowest BCUT2D eigenvalue weighted by molar-refractivity contribution is 0.000965. The largest absolute Gasteiger partial charge is 0.396 e. The summed E-state index contributed by atoms with van der Waals surface area (Å²) in [6.07, 6.45) is -1.89. The van der Waals surface area contributed by atoms with Crippen LogP contribution in [0.5, 0.6) is 0 Å². The molecular formula is C13H17FN2O4. The standard InChI is InChI=1S/C13H17FN2O4/c14-8-1-3-9(4-2-8)15-13(20)16-10-5-7(6-17)11(18)12(10)19/h1-4,7,10-12,17-19H,5-6H2,(H2,15,16,20). The van der Waals surface area contributed by atoms with Crippen molar-refractivity contribution in [3.63, 3.8) is 0 Å². The first kappa shape index (κ1) is 14.7. The summed E-state index contributed by atoms with van der Waals surface area (Å²) in [5.74, 6) is -0.864. The lowest BCUT2D eigenvalue weighted by Crippen LogP contribution is -2.44. The van der Waals surface area contributed by atoms with Gasteiger partial charge in [-0.1, -0.05) is 0 Å². The summed E-state index contributed by atoms with van der Waals surface area (Å²) >= 11 is 0. The van der Waals surface area contributed by atoms with E-state index in [1.54, 1.807) is 0 Å². The van der Waals surface area contributed by atoms with E-state index in [0.717, 1.165) is 0 Å². The second-order valence-electron chi connectivity index (χ2n) is 4.87. The molecule has 0 saturated heterocycles. The molecular weight excluding hydrogens is 267 g/mol. The number of aliphatic hydroxyl groups excluding tert-OH is 3. The molecule has 1 aromatic carbocycles. The van der Waals surface area contributed by atoms with Gasteiger partial charge in [-0.25, -0.2) is 9.18 Å². The van der Waals surface area contributed by atoms with Crippen LogP contribution in [0.1, 0.15) is 6.42 Å². The van der Waals surface area contributed by atoms with E-state index in [2.05, 4.69) is 10.6 Å². The molecule has 1 aliphatic carbocycles. The van der Waals surface area contributed by atoms with Crippen LogP contribution in [0.4, 0.5) is 14.9 Å². The summed E-state index contributed by atoms with van der Waals surface area (Å²) in [5.41, 5.74) is 0.413. The fourth-order valence-electron chi connectivity index (χ4n) is 2.32. The number of anilines is 1. The molecule has 7 heteroatoms. The Kier molecular flexibility index (Phi) is 4.53. The minimum atomic E-state index is -1.12. The molecule has 4 unspecified atom stereocenters. The number of halogens is 1. The van der Waals surface area contributed by atoms with Crippen LogP contribution in [-0.2, 0) is 0 Å². The summed E-state index contributed by atoms with van der Waals surface area (Å²) in [4.78, 5) is 11.7. The van der Waals surface area contributed by atoms with Crippen molar-refractivity contribution in [1.29, 1.82) is 0 Å². The summed E-state index contributed by atoms with van der Waals surface area (Å²) in [5, 5.41) is 33.4. The topological polar surface area (TPSA) is 102 Å². The van der Waals surface area contributed by atoms with Crippen LogP contribution in [0.25, 0.3) is 0 Å². The zero-order valence-corrected chi connectivity index (χ0v) is 10.7. The Hall–Kier alpha value is -1.70. The third-order valence-electron chi connectivity index (χ3n) is 3.45. The first-order valence-electron chi connectivity index (χ1n) is 6.31. The van der Waals surface area contributed by atoms with Crippen molar-refractivity contribution in [2.75, 3.05) is 11.9 Å². The third kappa shape index (κ3) is 3.24. The Morgan fingerprint density at radius 1 is 1.25 bits per heavy atom. The number of carbonyl (C=O) groups is 1. The molecule has 0 bridgehead atoms. The lowest BCUT2D eigenvalue weighted by atomic mass is 10.1. The number of amides is 2. The second-order valence-corrected chi connectivity index (χ2v) is 4.87. The number of nitrogens with one attached hydrogen (secondary N) is 2. The normalized spacial score (nSPS) is 29.2. The molecule has 0 aromatic heterocycles. The number of hydrogen-bond acceptors (Lipinski definition) is 4. The van der Waals surface area contributed by atoms with Crippen LogP contribution >= 0.6 is 0 Å². The predicted octanol–water partition coefficient (Wildman–Crippen LogP) is 0.0498. The van der Waals surface area contributed by atoms with E-state index in [9.17, 15) is 19.4 Å². The summed E-state index contributed by atoms with van der Waals surface area (Å²) < 4.78 is 12.7. The van der Waals surface area contributed by atoms with Gasteiger partial charge in [0.2, 0.25) is 0 Å². The molecule has 0 heterocycles. The molecule has 0 radical (unpaired) electrons. The fourth-order valence-corrected chi connectivity index (χ4v) is 2.32. The molecule has 1 fully saturated rings. The van der Waals surface area contributed by atoms with Gasteiger partial charge in [0.15, 0.2) is 0 Å². The second kappa shape index (κ2) is 6.17. The molecule has 5 N–H and O–H groups in total. The summed E-state index contributed by atoms with van der Waals surface area (Å²) in [6.45, 7) is -0.254. The van der Waals surface area contributed by atoms with Gasteiger partial charge in [-0.2, -0.15) is 0 Å². The minimum Gasteiger partial charge on any atom is -0.396 e. The zero-order valence-electron chi connectivity index (χ0n) is 10.7. The van der Waals surface area contributed by atoms with E-state index < -0.39 is 36.0 Å². The number of rotatable bonds is 3. The maximum atomic E-state index is 12.7. The number of benzene rings is 1. The Morgan fingerprint density at radius 2 is 1.90 bits per heavy atom. The average Bonchev–Trinajstić information content (AvgIpc) is 2.69. The van der Waals surface area contributed by atoms with Crippen molar-refractivity contribution >= 4 is 11.7 Å². The number of carbonyl (C=O) groups excluding carboxylic acids is 1. The quantitative estimate of drug-likeness (QED) is 0.541. The van der Waals surface area contributed by atoms with Crippen molar-refractivity contribution in [2.45, 2.75) is 24.7 Å². The van der Waals surface area contributed by atoms with Gasteiger partial charge in [-0.15, -0.1) is 0 Å². The van der Waals surface area contributed by atoms with Crippen molar-refractivity contribution in [3.05, 3.63) is 30.1 Å². The van der Waals surface area contributed by atoms with Gasteiger partial charge < -0.3 is 26.0 Å². The molecule has 4 atom stereocenters. The average molecular weight is 284 g/mol. The third-order valence-corrected chi connectivity index (χ3v) is 3.45. The summed E-state index contributed by atoms with van der Waals surface area (Å²) in [7, 11) is 0. The predicted molar refractivity (Wildman–Crippen MR) is 69.5 cm³/mol. The Morgan fingerprint density at radius 3 is 2.45 bits per heavy atom. The van der Waals surface area contributed by atoms with Crippen molar-refractivity contribution in [3.8, 4) is 0 Å².